The molecular weight excluding hydrogens is 328 g/mol. The van der Waals surface area contributed by atoms with E-state index in [-0.39, 0.29) is 27.9 Å². The van der Waals surface area contributed by atoms with Crippen molar-refractivity contribution in [2.45, 2.75) is 20.0 Å². The molecule has 0 aliphatic rings. The lowest BCUT2D eigenvalue weighted by Gasteiger charge is -2.11. The summed E-state index contributed by atoms with van der Waals surface area (Å²) in [6.07, 6.45) is -0.395. The van der Waals surface area contributed by atoms with E-state index in [2.05, 4.69) is 15.0 Å². The zero-order valence-corrected chi connectivity index (χ0v) is 12.6. The van der Waals surface area contributed by atoms with Gasteiger partial charge in [0.1, 0.15) is 22.6 Å². The van der Waals surface area contributed by atoms with Crippen LogP contribution in [0.5, 0.6) is 0 Å². The van der Waals surface area contributed by atoms with Gasteiger partial charge in [0.2, 0.25) is 0 Å². The standard InChI is InChI=1S/C15H12F4N4O/c1-7(15(17,18)19)3-9(8(2)16)10-4-21-5-11-13(10)23-12(6-22-11)14(20)24/h3-6H,1-2H3,(H2,20,24)/b7-3+,9-8-. The smallest absolute Gasteiger partial charge is 0.364 e. The number of halogens is 4. The third-order valence-corrected chi connectivity index (χ3v) is 3.18. The number of nitrogens with zero attached hydrogens (tertiary/aromatic N) is 3. The fraction of sp³-hybridized carbons (Fsp3) is 0.200. The Bertz CT molecular complexity index is 867. The van der Waals surface area contributed by atoms with Crippen molar-refractivity contribution in [1.82, 2.24) is 15.0 Å². The normalized spacial score (nSPS) is 13.8. The fourth-order valence-corrected chi connectivity index (χ4v) is 1.91. The Morgan fingerprint density at radius 3 is 2.42 bits per heavy atom. The highest BCUT2D eigenvalue weighted by Crippen LogP contribution is 2.32. The van der Waals surface area contributed by atoms with Gasteiger partial charge in [0.25, 0.3) is 5.91 Å². The van der Waals surface area contributed by atoms with Crippen molar-refractivity contribution in [1.29, 1.82) is 0 Å². The Morgan fingerprint density at radius 1 is 1.21 bits per heavy atom. The van der Waals surface area contributed by atoms with Gasteiger partial charge in [-0.3, -0.25) is 14.8 Å². The van der Waals surface area contributed by atoms with Crippen molar-refractivity contribution in [3.05, 3.63) is 47.3 Å². The molecular formula is C15H12F4N4O. The number of amides is 1. The van der Waals surface area contributed by atoms with Crippen LogP contribution in [-0.2, 0) is 0 Å². The molecule has 0 saturated heterocycles. The predicted octanol–water partition coefficient (Wildman–Crippen LogP) is 3.33. The summed E-state index contributed by atoms with van der Waals surface area (Å²) < 4.78 is 52.2. The molecule has 126 valence electrons. The summed E-state index contributed by atoms with van der Waals surface area (Å²) in [6.45, 7) is 1.84. The Hall–Kier alpha value is -2.84. The monoisotopic (exact) mass is 340 g/mol. The average molecular weight is 340 g/mol. The Morgan fingerprint density at radius 2 is 1.88 bits per heavy atom. The van der Waals surface area contributed by atoms with Gasteiger partial charge in [0, 0.05) is 22.9 Å². The molecule has 9 heteroatoms. The number of fused-ring (bicyclic) bond motifs is 1. The fourth-order valence-electron chi connectivity index (χ4n) is 1.91. The lowest BCUT2D eigenvalue weighted by Crippen LogP contribution is -2.14. The van der Waals surface area contributed by atoms with Crippen LogP contribution in [0.2, 0.25) is 0 Å². The number of rotatable bonds is 3. The van der Waals surface area contributed by atoms with Crippen molar-refractivity contribution in [3.63, 3.8) is 0 Å². The summed E-state index contributed by atoms with van der Waals surface area (Å²) in [7, 11) is 0. The highest BCUT2D eigenvalue weighted by Gasteiger charge is 2.30. The molecule has 2 aromatic rings. The first kappa shape index (κ1) is 17.5. The maximum absolute atomic E-state index is 13.9. The van der Waals surface area contributed by atoms with Crippen LogP contribution in [0.1, 0.15) is 29.9 Å². The van der Waals surface area contributed by atoms with E-state index in [4.69, 9.17) is 5.73 Å². The van der Waals surface area contributed by atoms with Crippen LogP contribution in [0, 0.1) is 0 Å². The van der Waals surface area contributed by atoms with Gasteiger partial charge in [0.15, 0.2) is 0 Å². The molecule has 0 aliphatic carbocycles. The largest absolute Gasteiger partial charge is 0.412 e. The van der Waals surface area contributed by atoms with Crippen molar-refractivity contribution in [2.24, 2.45) is 5.73 Å². The third kappa shape index (κ3) is 3.55. The van der Waals surface area contributed by atoms with Gasteiger partial charge in [-0.25, -0.2) is 9.37 Å². The summed E-state index contributed by atoms with van der Waals surface area (Å²) >= 11 is 0. The molecule has 0 spiro atoms. The van der Waals surface area contributed by atoms with Crippen LogP contribution in [0.3, 0.4) is 0 Å². The van der Waals surface area contributed by atoms with Crippen LogP contribution < -0.4 is 5.73 Å². The number of hydrogen-bond acceptors (Lipinski definition) is 4. The number of carbonyl (C=O) groups excluding carboxylic acids is 1. The number of pyridine rings is 1. The molecule has 0 aliphatic heterocycles. The minimum Gasteiger partial charge on any atom is -0.364 e. The number of hydrogen-bond donors (Lipinski definition) is 1. The molecule has 24 heavy (non-hydrogen) atoms. The molecule has 0 radical (unpaired) electrons. The summed E-state index contributed by atoms with van der Waals surface area (Å²) in [5.41, 5.74) is 3.78. The second-order valence-corrected chi connectivity index (χ2v) is 4.95. The van der Waals surface area contributed by atoms with Crippen molar-refractivity contribution >= 4 is 22.5 Å². The molecule has 2 heterocycles. The van der Waals surface area contributed by atoms with Crippen LogP contribution in [0.25, 0.3) is 16.6 Å². The number of primary amides is 1. The SMILES string of the molecule is C/C(F)=C(\C=C(/C)C(F)(F)F)c1cncc2ncc(C(N)=O)nc12. The zero-order valence-electron chi connectivity index (χ0n) is 12.6. The molecule has 0 bridgehead atoms. The molecule has 0 atom stereocenters. The van der Waals surface area contributed by atoms with E-state index in [0.29, 0.717) is 6.08 Å². The Balaban J connectivity index is 2.75. The molecule has 2 N–H and O–H groups in total. The molecule has 1 amide bonds. The van der Waals surface area contributed by atoms with E-state index in [1.165, 1.54) is 6.20 Å². The highest BCUT2D eigenvalue weighted by atomic mass is 19.4. The molecule has 0 unspecified atom stereocenters. The minimum atomic E-state index is -4.61. The van der Waals surface area contributed by atoms with Crippen LogP contribution in [0.4, 0.5) is 17.6 Å². The minimum absolute atomic E-state index is 0.0216. The molecule has 5 nitrogen and oxygen atoms in total. The number of alkyl halides is 3. The summed E-state index contributed by atoms with van der Waals surface area (Å²) in [5, 5.41) is 0. The van der Waals surface area contributed by atoms with E-state index >= 15 is 0 Å². The van der Waals surface area contributed by atoms with Crippen LogP contribution in [-0.4, -0.2) is 27.0 Å². The highest BCUT2D eigenvalue weighted by molar-refractivity contribution is 5.96. The summed E-state index contributed by atoms with van der Waals surface area (Å²) in [4.78, 5) is 22.9. The average Bonchev–Trinajstić information content (AvgIpc) is 2.50. The van der Waals surface area contributed by atoms with Crippen LogP contribution in [0.15, 0.2) is 36.1 Å². The third-order valence-electron chi connectivity index (χ3n) is 3.18. The zero-order chi connectivity index (χ0) is 18.1. The molecule has 2 rings (SSSR count). The van der Waals surface area contributed by atoms with Crippen molar-refractivity contribution in [3.8, 4) is 0 Å². The number of allylic oxidation sites excluding steroid dienone is 4. The van der Waals surface area contributed by atoms with Gasteiger partial charge in [-0.15, -0.1) is 0 Å². The Kier molecular flexibility index (Phi) is 4.63. The van der Waals surface area contributed by atoms with Gasteiger partial charge in [-0.2, -0.15) is 13.2 Å². The van der Waals surface area contributed by atoms with Gasteiger partial charge in [-0.1, -0.05) is 0 Å². The number of nitrogens with two attached hydrogens (primary N) is 1. The topological polar surface area (TPSA) is 81.8 Å². The first-order chi connectivity index (χ1) is 11.1. The van der Waals surface area contributed by atoms with Crippen molar-refractivity contribution < 1.29 is 22.4 Å². The first-order valence-corrected chi connectivity index (χ1v) is 6.64. The second kappa shape index (κ2) is 6.34. The lowest BCUT2D eigenvalue weighted by atomic mass is 10.0. The van der Waals surface area contributed by atoms with E-state index < -0.39 is 23.5 Å². The number of carbonyl (C=O) groups is 1. The maximum atomic E-state index is 13.9. The second-order valence-electron chi connectivity index (χ2n) is 4.95. The summed E-state index contributed by atoms with van der Waals surface area (Å²) in [5.74, 6) is -1.73. The molecule has 0 fully saturated rings. The first-order valence-electron chi connectivity index (χ1n) is 6.64. The lowest BCUT2D eigenvalue weighted by molar-refractivity contribution is -0.0912. The van der Waals surface area contributed by atoms with E-state index in [0.717, 1.165) is 26.2 Å². The van der Waals surface area contributed by atoms with Gasteiger partial charge in [0.05, 0.1) is 12.4 Å². The molecule has 0 aromatic carbocycles. The van der Waals surface area contributed by atoms with E-state index in [1.54, 1.807) is 0 Å². The van der Waals surface area contributed by atoms with Gasteiger partial charge in [-0.05, 0) is 19.9 Å². The Labute approximate surface area is 133 Å². The van der Waals surface area contributed by atoms with E-state index in [1.807, 2.05) is 0 Å². The quantitative estimate of drug-likeness (QED) is 0.686. The van der Waals surface area contributed by atoms with Crippen LogP contribution >= 0.6 is 0 Å². The predicted molar refractivity (Wildman–Crippen MR) is 79.4 cm³/mol. The molecule has 2 aromatic heterocycles. The van der Waals surface area contributed by atoms with Gasteiger partial charge >= 0.3 is 6.18 Å². The van der Waals surface area contributed by atoms with Gasteiger partial charge < -0.3 is 5.73 Å². The van der Waals surface area contributed by atoms with E-state index in [9.17, 15) is 22.4 Å². The maximum Gasteiger partial charge on any atom is 0.412 e. The number of aromatic nitrogens is 3. The van der Waals surface area contributed by atoms with Crippen molar-refractivity contribution in [2.75, 3.05) is 0 Å². The summed E-state index contributed by atoms with van der Waals surface area (Å²) in [6, 6.07) is 0. The molecule has 0 saturated carbocycles.